The molecule has 3 rings (SSSR count). The average Bonchev–Trinajstić information content (AvgIpc) is 2.60. The van der Waals surface area contributed by atoms with Crippen molar-refractivity contribution in [3.05, 3.63) is 71.8 Å². The summed E-state index contributed by atoms with van der Waals surface area (Å²) in [5, 5.41) is 10.4. The first-order valence-corrected chi connectivity index (χ1v) is 9.58. The Morgan fingerprint density at radius 3 is 1.61 bits per heavy atom. The SMILES string of the molecule is CC(C)C[C@H]1[C@H](O)C[N+]1(Cc1ccccc1)Cc1ccccc1.F[B-](F)(F)F. The Morgan fingerprint density at radius 2 is 1.29 bits per heavy atom. The number of likely N-dealkylation sites (tertiary alicyclic amines) is 1. The third kappa shape index (κ3) is 6.95. The Bertz CT molecular complexity index is 662. The van der Waals surface area contributed by atoms with Crippen LogP contribution in [-0.2, 0) is 13.1 Å². The van der Waals surface area contributed by atoms with E-state index in [9.17, 15) is 22.4 Å². The molecule has 2 aromatic carbocycles. The van der Waals surface area contributed by atoms with E-state index in [0.29, 0.717) is 12.0 Å². The van der Waals surface area contributed by atoms with Gasteiger partial charge in [0, 0.05) is 17.5 Å². The number of aliphatic hydroxyl groups is 1. The molecule has 0 aromatic heterocycles. The van der Waals surface area contributed by atoms with E-state index >= 15 is 0 Å². The molecule has 2 aromatic rings. The van der Waals surface area contributed by atoms with Gasteiger partial charge < -0.3 is 26.9 Å². The predicted octanol–water partition coefficient (Wildman–Crippen LogP) is 5.29. The van der Waals surface area contributed by atoms with Crippen molar-refractivity contribution >= 4 is 7.25 Å². The minimum atomic E-state index is -6.00. The number of rotatable bonds is 6. The quantitative estimate of drug-likeness (QED) is 0.399. The highest BCUT2D eigenvalue weighted by atomic mass is 19.5. The van der Waals surface area contributed by atoms with Gasteiger partial charge in [-0.25, -0.2) is 0 Å². The van der Waals surface area contributed by atoms with Crippen LogP contribution in [0.15, 0.2) is 60.7 Å². The first-order valence-electron chi connectivity index (χ1n) is 9.58. The number of aliphatic hydroxyl groups excluding tert-OH is 1. The smallest absolute Gasteiger partial charge is 0.418 e. The van der Waals surface area contributed by atoms with Crippen molar-refractivity contribution in [2.24, 2.45) is 5.92 Å². The number of hydrogen-bond acceptors (Lipinski definition) is 1. The average molecular weight is 397 g/mol. The molecule has 2 nitrogen and oxygen atoms in total. The molecule has 1 aliphatic rings. The molecule has 0 amide bonds. The Hall–Kier alpha value is -1.86. The van der Waals surface area contributed by atoms with Crippen molar-refractivity contribution < 1.29 is 26.9 Å². The Balaban J connectivity index is 0.000000500. The fourth-order valence-corrected chi connectivity index (χ4v) is 4.03. The topological polar surface area (TPSA) is 20.2 Å². The second kappa shape index (κ2) is 9.57. The Labute approximate surface area is 164 Å². The highest BCUT2D eigenvalue weighted by Crippen LogP contribution is 2.38. The van der Waals surface area contributed by atoms with Gasteiger partial charge in [-0.15, -0.1) is 0 Å². The first kappa shape index (κ1) is 22.4. The van der Waals surface area contributed by atoms with Crippen LogP contribution >= 0.6 is 0 Å². The molecule has 0 bridgehead atoms. The number of nitrogens with zero attached hydrogens (tertiary/aromatic N) is 1. The van der Waals surface area contributed by atoms with Gasteiger partial charge in [-0.2, -0.15) is 0 Å². The third-order valence-corrected chi connectivity index (χ3v) is 5.09. The molecule has 2 atom stereocenters. The van der Waals surface area contributed by atoms with Crippen LogP contribution in [0.4, 0.5) is 17.3 Å². The molecule has 0 radical (unpaired) electrons. The maximum Gasteiger partial charge on any atom is 0.673 e. The lowest BCUT2D eigenvalue weighted by molar-refractivity contribution is -1.02. The molecule has 0 aliphatic carbocycles. The lowest BCUT2D eigenvalue weighted by Gasteiger charge is -2.56. The molecular formula is C21H28BF4NO. The summed E-state index contributed by atoms with van der Waals surface area (Å²) in [5.74, 6) is 0.610. The van der Waals surface area contributed by atoms with Crippen LogP contribution in [0, 0.1) is 5.92 Å². The van der Waals surface area contributed by atoms with Gasteiger partial charge in [-0.3, -0.25) is 0 Å². The summed E-state index contributed by atoms with van der Waals surface area (Å²) in [7, 11) is -6.00. The van der Waals surface area contributed by atoms with Gasteiger partial charge in [-0.05, 0) is 5.92 Å². The highest BCUT2D eigenvalue weighted by molar-refractivity contribution is 6.50. The van der Waals surface area contributed by atoms with E-state index < -0.39 is 7.25 Å². The van der Waals surface area contributed by atoms with Gasteiger partial charge in [0.25, 0.3) is 0 Å². The van der Waals surface area contributed by atoms with E-state index in [4.69, 9.17) is 0 Å². The van der Waals surface area contributed by atoms with Gasteiger partial charge in [0.05, 0.1) is 0 Å². The maximum absolute atomic E-state index is 10.4. The summed E-state index contributed by atoms with van der Waals surface area (Å²) in [5.41, 5.74) is 2.73. The number of hydrogen-bond donors (Lipinski definition) is 1. The minimum absolute atomic E-state index is 0.162. The minimum Gasteiger partial charge on any atom is -0.418 e. The standard InChI is InChI=1S/C21H28NO.BF4/c1-17(2)13-20-21(23)16-22(20,14-18-9-5-3-6-10-18)15-19-11-7-4-8-12-19;2-1(3,4)5/h3-12,17,20-21,23H,13-16H2,1-2H3;/q+1;-1/t20-,21+;/m0./s1. The summed E-state index contributed by atoms with van der Waals surface area (Å²) in [6.45, 7) is 7.38. The predicted molar refractivity (Wildman–Crippen MR) is 105 cm³/mol. The van der Waals surface area contributed by atoms with Gasteiger partial charge in [-0.1, -0.05) is 74.5 Å². The van der Waals surface area contributed by atoms with E-state index in [1.54, 1.807) is 0 Å². The summed E-state index contributed by atoms with van der Waals surface area (Å²) < 4.78 is 40.0. The van der Waals surface area contributed by atoms with Crippen molar-refractivity contribution in [2.75, 3.05) is 6.54 Å². The van der Waals surface area contributed by atoms with Gasteiger partial charge >= 0.3 is 7.25 Å². The highest BCUT2D eigenvalue weighted by Gasteiger charge is 2.53. The summed E-state index contributed by atoms with van der Waals surface area (Å²) in [6, 6.07) is 21.8. The van der Waals surface area contributed by atoms with Gasteiger partial charge in [0.2, 0.25) is 0 Å². The van der Waals surface area contributed by atoms with Gasteiger partial charge in [0.15, 0.2) is 6.10 Å². The monoisotopic (exact) mass is 397 g/mol. The van der Waals surface area contributed by atoms with Crippen molar-refractivity contribution in [3.8, 4) is 0 Å². The van der Waals surface area contributed by atoms with E-state index in [-0.39, 0.29) is 6.10 Å². The zero-order valence-corrected chi connectivity index (χ0v) is 16.3. The van der Waals surface area contributed by atoms with Crippen LogP contribution < -0.4 is 0 Å². The molecule has 1 aliphatic heterocycles. The number of halogens is 4. The van der Waals surface area contributed by atoms with E-state index in [0.717, 1.165) is 30.5 Å². The van der Waals surface area contributed by atoms with E-state index in [2.05, 4.69) is 74.5 Å². The van der Waals surface area contributed by atoms with Crippen molar-refractivity contribution in [2.45, 2.75) is 45.5 Å². The molecule has 7 heteroatoms. The zero-order chi connectivity index (χ0) is 20.8. The number of benzene rings is 2. The molecule has 1 N–H and O–H groups in total. The van der Waals surface area contributed by atoms with Crippen LogP contribution in [0.25, 0.3) is 0 Å². The maximum atomic E-state index is 10.4. The molecule has 0 saturated carbocycles. The molecule has 1 fully saturated rings. The lowest BCUT2D eigenvalue weighted by Crippen LogP contribution is -2.72. The fourth-order valence-electron chi connectivity index (χ4n) is 4.03. The third-order valence-electron chi connectivity index (χ3n) is 5.09. The Kier molecular flexibility index (Phi) is 7.66. The zero-order valence-electron chi connectivity index (χ0n) is 16.3. The first-order chi connectivity index (χ1) is 13.1. The van der Waals surface area contributed by atoms with Crippen LogP contribution in [0.2, 0.25) is 0 Å². The summed E-state index contributed by atoms with van der Waals surface area (Å²) in [4.78, 5) is 0. The van der Waals surface area contributed by atoms with Gasteiger partial charge in [0.1, 0.15) is 25.7 Å². The second-order valence-electron chi connectivity index (χ2n) is 7.95. The normalized spacial score (nSPS) is 20.9. The van der Waals surface area contributed by atoms with Crippen LogP contribution in [0.5, 0.6) is 0 Å². The second-order valence-corrected chi connectivity index (χ2v) is 7.95. The van der Waals surface area contributed by atoms with E-state index in [1.165, 1.54) is 11.1 Å². The van der Waals surface area contributed by atoms with Crippen molar-refractivity contribution in [1.82, 2.24) is 0 Å². The van der Waals surface area contributed by atoms with Crippen LogP contribution in [-0.4, -0.2) is 35.5 Å². The molecule has 1 heterocycles. The van der Waals surface area contributed by atoms with Crippen molar-refractivity contribution in [1.29, 1.82) is 0 Å². The molecule has 0 spiro atoms. The van der Waals surface area contributed by atoms with Crippen molar-refractivity contribution in [3.63, 3.8) is 0 Å². The molecule has 0 unspecified atom stereocenters. The van der Waals surface area contributed by atoms with Crippen LogP contribution in [0.3, 0.4) is 0 Å². The number of quaternary nitrogens is 1. The fraction of sp³-hybridized carbons (Fsp3) is 0.429. The summed E-state index contributed by atoms with van der Waals surface area (Å²) >= 11 is 0. The largest absolute Gasteiger partial charge is 0.673 e. The summed E-state index contributed by atoms with van der Waals surface area (Å²) in [6.07, 6.45) is 0.922. The van der Waals surface area contributed by atoms with E-state index in [1.807, 2.05) is 0 Å². The Morgan fingerprint density at radius 1 is 0.893 bits per heavy atom. The molecule has 154 valence electrons. The molecule has 1 saturated heterocycles. The lowest BCUT2D eigenvalue weighted by atomic mass is 9.85. The molecule has 28 heavy (non-hydrogen) atoms. The van der Waals surface area contributed by atoms with Crippen LogP contribution in [0.1, 0.15) is 31.4 Å². The molecular weight excluding hydrogens is 369 g/mol.